The number of urea groups is 1. The molecule has 0 aliphatic rings. The van der Waals surface area contributed by atoms with Gasteiger partial charge in [0.05, 0.1) is 0 Å². The van der Waals surface area contributed by atoms with E-state index in [9.17, 15) is 19.2 Å². The summed E-state index contributed by atoms with van der Waals surface area (Å²) in [5, 5.41) is 2.32. The molecule has 10 nitrogen and oxygen atoms in total. The van der Waals surface area contributed by atoms with Gasteiger partial charge < -0.3 is 0 Å². The number of ether oxygens (including phenoxy) is 3. The van der Waals surface area contributed by atoms with Crippen molar-refractivity contribution in [3.05, 3.63) is 0 Å². The number of halogens is 10. The number of hydrogen-bond acceptors (Lipinski definition) is 8. The molecule has 0 heterocycles. The molecule has 0 radical (unpaired) electrons. The molecule has 0 aliphatic carbocycles. The van der Waals surface area contributed by atoms with Crippen LogP contribution in [0.4, 0.5) is 9.59 Å². The van der Waals surface area contributed by atoms with Gasteiger partial charge in [0.25, 0.3) is 0 Å². The van der Waals surface area contributed by atoms with Gasteiger partial charge in [-0.05, 0) is 0 Å². The molecule has 0 bridgehead atoms. The standard InChI is InChI=1S/C17H23Cl9IN3O7/c18-15(19,20)7-35-11(31)4-3-10(12(32)36-8-16(21,22)23)29-14(34)30-27(5-1-2-6-28)13(33)37-9-17(24,25)26/h10H,1-9,28H2,(H2,29,30,34). The van der Waals surface area contributed by atoms with Crippen LogP contribution in [0.1, 0.15) is 25.7 Å². The molecule has 1 atom stereocenters. The second-order valence-corrected chi connectivity index (χ2v) is 19.0. The number of amides is 2. The molecular weight excluding hydrogens is 804 g/mol. The number of carbonyl (C=O) groups excluding carboxylic acids is 4. The van der Waals surface area contributed by atoms with Crippen molar-refractivity contribution in [1.29, 1.82) is 0 Å². The van der Waals surface area contributed by atoms with Crippen LogP contribution in [-0.4, -0.2) is 70.2 Å². The number of esters is 2. The topological polar surface area (TPSA) is 146 Å². The van der Waals surface area contributed by atoms with E-state index in [0.29, 0.717) is 19.4 Å². The van der Waals surface area contributed by atoms with E-state index >= 15 is 0 Å². The van der Waals surface area contributed by atoms with E-state index in [2.05, 4.69) is 8.85 Å². The summed E-state index contributed by atoms with van der Waals surface area (Å²) in [4.78, 5) is 49.6. The van der Waals surface area contributed by atoms with Gasteiger partial charge in [0, 0.05) is 0 Å². The minimum absolute atomic E-state index is 0.277. The fourth-order valence-corrected chi connectivity index (χ4v) is 6.03. The van der Waals surface area contributed by atoms with Gasteiger partial charge in [-0.1, -0.05) is 0 Å². The third-order valence-electron chi connectivity index (χ3n) is 3.51. The van der Waals surface area contributed by atoms with E-state index in [1.165, 1.54) is 0 Å². The van der Waals surface area contributed by atoms with Gasteiger partial charge in [0.1, 0.15) is 0 Å². The summed E-state index contributed by atoms with van der Waals surface area (Å²) in [6, 6.07) is -2.33. The molecule has 37 heavy (non-hydrogen) atoms. The van der Waals surface area contributed by atoms with E-state index < -0.39 is 85.7 Å². The van der Waals surface area contributed by atoms with Gasteiger partial charge in [-0.3, -0.25) is 0 Å². The first-order chi connectivity index (χ1) is 16.8. The molecule has 218 valence electrons. The second-order valence-electron chi connectivity index (χ2n) is 6.85. The zero-order valence-electron chi connectivity index (χ0n) is 18.7. The average molecular weight is 827 g/mol. The first-order valence-electron chi connectivity index (χ1n) is 9.95. The average Bonchev–Trinajstić information content (AvgIpc) is 2.75. The number of carbonyl (C=O) groups is 4. The van der Waals surface area contributed by atoms with Crippen molar-refractivity contribution in [2.75, 3.05) is 30.8 Å². The number of rotatable bonds is 14. The van der Waals surface area contributed by atoms with Crippen LogP contribution in [0.5, 0.6) is 0 Å². The molecule has 0 spiro atoms. The van der Waals surface area contributed by atoms with Gasteiger partial charge in [0.2, 0.25) is 0 Å². The summed E-state index contributed by atoms with van der Waals surface area (Å²) >= 11 is 47.1. The Morgan fingerprint density at radius 2 is 1.30 bits per heavy atom. The Bertz CT molecular complexity index is 764. The molecule has 0 saturated carbocycles. The number of unbranched alkanes of at least 4 members (excludes halogenated alkanes) is 1. The summed E-state index contributed by atoms with van der Waals surface area (Å²) in [6.07, 6.45) is 0.397. The summed E-state index contributed by atoms with van der Waals surface area (Å²) in [5.41, 5.74) is 5.48. The SMILES string of the molecule is NCCCCI(NC(=O)NC(CCC(=O)OCC(Cl)(Cl)Cl)C(=O)OCC(Cl)(Cl)Cl)C(=O)OCC(Cl)(Cl)Cl. The fraction of sp³-hybridized carbons (Fsp3) is 0.765. The predicted molar refractivity (Wildman–Crippen MR) is 156 cm³/mol. The van der Waals surface area contributed by atoms with Gasteiger partial charge in [0.15, 0.2) is 0 Å². The van der Waals surface area contributed by atoms with Crippen LogP contribution < -0.4 is 14.6 Å². The van der Waals surface area contributed by atoms with Crippen molar-refractivity contribution in [2.45, 2.75) is 43.1 Å². The number of hydrogen-bond donors (Lipinski definition) is 3. The summed E-state index contributed by atoms with van der Waals surface area (Å²) < 4.78 is 11.1. The van der Waals surface area contributed by atoms with E-state index in [1.54, 1.807) is 0 Å². The van der Waals surface area contributed by atoms with Crippen molar-refractivity contribution in [1.82, 2.24) is 8.85 Å². The Balaban J connectivity index is 5.33. The van der Waals surface area contributed by atoms with Gasteiger partial charge in [-0.2, -0.15) is 0 Å². The van der Waals surface area contributed by atoms with E-state index in [1.807, 2.05) is 0 Å². The maximum atomic E-state index is 12.7. The van der Waals surface area contributed by atoms with Crippen molar-refractivity contribution in [3.8, 4) is 0 Å². The Labute approximate surface area is 266 Å². The second kappa shape index (κ2) is 18.4. The third kappa shape index (κ3) is 22.4. The van der Waals surface area contributed by atoms with Crippen LogP contribution in [0.15, 0.2) is 0 Å². The molecule has 20 heteroatoms. The van der Waals surface area contributed by atoms with Crippen LogP contribution in [-0.2, 0) is 23.8 Å². The predicted octanol–water partition coefficient (Wildman–Crippen LogP) is 5.93. The molecule has 2 amide bonds. The van der Waals surface area contributed by atoms with E-state index in [4.69, 9.17) is 124 Å². The van der Waals surface area contributed by atoms with Gasteiger partial charge in [-0.15, -0.1) is 0 Å². The Kier molecular flexibility index (Phi) is 18.9. The van der Waals surface area contributed by atoms with E-state index in [-0.39, 0.29) is 10.8 Å². The normalized spacial score (nSPS) is 13.3. The van der Waals surface area contributed by atoms with Crippen LogP contribution in [0.25, 0.3) is 0 Å². The monoisotopic (exact) mass is 823 g/mol. The molecule has 1 unspecified atom stereocenters. The summed E-state index contributed by atoms with van der Waals surface area (Å²) in [5.74, 6) is -1.86. The first kappa shape index (κ1) is 38.0. The molecular formula is C17H23Cl9IN3O7. The van der Waals surface area contributed by atoms with Crippen molar-refractivity contribution < 1.29 is 33.4 Å². The number of nitrogens with one attached hydrogen (secondary N) is 2. The molecule has 0 saturated heterocycles. The van der Waals surface area contributed by atoms with Crippen LogP contribution in [0, 0.1) is 0 Å². The van der Waals surface area contributed by atoms with Gasteiger partial charge >= 0.3 is 268 Å². The van der Waals surface area contributed by atoms with Gasteiger partial charge in [-0.25, -0.2) is 0 Å². The van der Waals surface area contributed by atoms with Crippen molar-refractivity contribution in [3.63, 3.8) is 0 Å². The molecule has 0 aliphatic heterocycles. The third-order valence-corrected chi connectivity index (χ3v) is 8.85. The Hall–Kier alpha value is 0.980. The first-order valence-corrected chi connectivity index (χ1v) is 17.0. The quantitative estimate of drug-likeness (QED) is 0.0372. The van der Waals surface area contributed by atoms with E-state index in [0.717, 1.165) is 0 Å². The zero-order valence-corrected chi connectivity index (χ0v) is 27.6. The number of alkyl halides is 10. The molecule has 0 rings (SSSR count). The van der Waals surface area contributed by atoms with Crippen LogP contribution >= 0.6 is 125 Å². The minimum atomic E-state index is -3.02. The maximum absolute atomic E-state index is 12.7. The molecule has 4 N–H and O–H groups in total. The molecule has 0 aromatic carbocycles. The molecule has 0 aromatic heterocycles. The number of nitrogens with two attached hydrogens (primary N) is 1. The summed E-state index contributed by atoms with van der Waals surface area (Å²) in [7, 11) is 0. The van der Waals surface area contributed by atoms with Crippen LogP contribution in [0.3, 0.4) is 0 Å². The fourth-order valence-electron chi connectivity index (χ4n) is 2.03. The molecule has 0 fully saturated rings. The van der Waals surface area contributed by atoms with Crippen LogP contribution in [0.2, 0.25) is 0 Å². The summed E-state index contributed by atoms with van der Waals surface area (Å²) in [6.45, 7) is -1.35. The van der Waals surface area contributed by atoms with Crippen molar-refractivity contribution >= 4 is 146 Å². The molecule has 0 aromatic rings. The Morgan fingerprint density at radius 1 is 0.784 bits per heavy atom. The zero-order chi connectivity index (χ0) is 28.9. The van der Waals surface area contributed by atoms with Crippen molar-refractivity contribution in [2.24, 2.45) is 5.73 Å². The Morgan fingerprint density at radius 3 is 1.81 bits per heavy atom.